The summed E-state index contributed by atoms with van der Waals surface area (Å²) < 4.78 is 1.98. The molecule has 0 unspecified atom stereocenters. The summed E-state index contributed by atoms with van der Waals surface area (Å²) in [5.74, 6) is -0.271. The molecule has 8 heteroatoms. The van der Waals surface area contributed by atoms with Crippen molar-refractivity contribution in [3.63, 3.8) is 0 Å². The molecule has 0 bridgehead atoms. The third-order valence-corrected chi connectivity index (χ3v) is 6.11. The fourth-order valence-electron chi connectivity index (χ4n) is 3.61. The fraction of sp³-hybridized carbons (Fsp3) is 0.136. The van der Waals surface area contributed by atoms with E-state index in [-0.39, 0.29) is 11.8 Å². The highest BCUT2D eigenvalue weighted by molar-refractivity contribution is 7.15. The molecule has 1 aliphatic rings. The van der Waals surface area contributed by atoms with Gasteiger partial charge in [0.15, 0.2) is 4.96 Å². The highest BCUT2D eigenvalue weighted by Crippen LogP contribution is 2.30. The van der Waals surface area contributed by atoms with Crippen LogP contribution in [-0.4, -0.2) is 27.7 Å². The maximum atomic E-state index is 12.9. The number of rotatable bonds is 4. The minimum Gasteiger partial charge on any atom is -0.322 e. The van der Waals surface area contributed by atoms with E-state index < -0.39 is 0 Å². The number of benzene rings is 2. The summed E-state index contributed by atoms with van der Waals surface area (Å²) in [6.45, 7) is 0.594. The van der Waals surface area contributed by atoms with Gasteiger partial charge in [0.05, 0.1) is 16.9 Å². The molecule has 30 heavy (non-hydrogen) atoms. The largest absolute Gasteiger partial charge is 0.322 e. The molecular weight excluding hydrogens is 420 g/mol. The van der Waals surface area contributed by atoms with Crippen molar-refractivity contribution in [3.05, 3.63) is 70.8 Å². The Morgan fingerprint density at radius 3 is 2.73 bits per heavy atom. The molecule has 1 aliphatic heterocycles. The van der Waals surface area contributed by atoms with Gasteiger partial charge in [0.2, 0.25) is 5.91 Å². The number of hydrogen-bond donors (Lipinski definition) is 1. The molecule has 150 valence electrons. The summed E-state index contributed by atoms with van der Waals surface area (Å²) in [4.78, 5) is 32.3. The van der Waals surface area contributed by atoms with Gasteiger partial charge in [-0.05, 0) is 36.8 Å². The maximum absolute atomic E-state index is 12.9. The van der Waals surface area contributed by atoms with Crippen LogP contribution in [0.25, 0.3) is 16.2 Å². The summed E-state index contributed by atoms with van der Waals surface area (Å²) in [6.07, 6.45) is 5.22. The van der Waals surface area contributed by atoms with Gasteiger partial charge in [-0.1, -0.05) is 23.7 Å². The van der Waals surface area contributed by atoms with E-state index in [1.54, 1.807) is 34.4 Å². The number of nitrogens with one attached hydrogen (secondary N) is 1. The first-order valence-electron chi connectivity index (χ1n) is 9.52. The number of halogens is 1. The van der Waals surface area contributed by atoms with Gasteiger partial charge >= 0.3 is 0 Å². The van der Waals surface area contributed by atoms with E-state index in [9.17, 15) is 9.59 Å². The van der Waals surface area contributed by atoms with E-state index in [4.69, 9.17) is 11.6 Å². The van der Waals surface area contributed by atoms with Gasteiger partial charge in [-0.15, -0.1) is 11.3 Å². The Bertz CT molecular complexity index is 1230. The Balaban J connectivity index is 1.38. The lowest BCUT2D eigenvalue weighted by atomic mass is 10.1. The van der Waals surface area contributed by atoms with Crippen LogP contribution in [-0.2, 0) is 4.79 Å². The smallest absolute Gasteiger partial charge is 0.257 e. The average molecular weight is 437 g/mol. The van der Waals surface area contributed by atoms with Crippen molar-refractivity contribution in [2.24, 2.45) is 0 Å². The molecule has 2 aromatic carbocycles. The van der Waals surface area contributed by atoms with Crippen molar-refractivity contribution in [2.75, 3.05) is 16.8 Å². The van der Waals surface area contributed by atoms with Crippen molar-refractivity contribution in [1.29, 1.82) is 0 Å². The maximum Gasteiger partial charge on any atom is 0.257 e. The normalized spacial score (nSPS) is 13.9. The first kappa shape index (κ1) is 18.8. The molecule has 3 heterocycles. The molecule has 0 spiro atoms. The van der Waals surface area contributed by atoms with Gasteiger partial charge in [0, 0.05) is 47.0 Å². The Kier molecular flexibility index (Phi) is 4.77. The molecular formula is C22H17ClN4O2S. The van der Waals surface area contributed by atoms with Crippen molar-refractivity contribution >= 4 is 51.1 Å². The SMILES string of the molecule is O=C(Nc1ccc(-c2cn3ccsc3n2)cc1)c1ccc(Cl)cc1N1CCCC1=O. The van der Waals surface area contributed by atoms with E-state index in [2.05, 4.69) is 10.3 Å². The molecule has 4 aromatic rings. The number of aromatic nitrogens is 2. The van der Waals surface area contributed by atoms with Crippen LogP contribution in [0.4, 0.5) is 11.4 Å². The zero-order chi connectivity index (χ0) is 20.7. The Morgan fingerprint density at radius 1 is 1.17 bits per heavy atom. The molecule has 6 nitrogen and oxygen atoms in total. The van der Waals surface area contributed by atoms with Crippen LogP contribution >= 0.6 is 22.9 Å². The first-order chi connectivity index (χ1) is 14.6. The Hall–Kier alpha value is -3.16. The Morgan fingerprint density at radius 2 is 2.00 bits per heavy atom. The second-order valence-electron chi connectivity index (χ2n) is 7.06. The lowest BCUT2D eigenvalue weighted by Gasteiger charge is -2.19. The van der Waals surface area contributed by atoms with E-state index >= 15 is 0 Å². The van der Waals surface area contributed by atoms with Crippen LogP contribution in [0.3, 0.4) is 0 Å². The van der Waals surface area contributed by atoms with E-state index in [1.807, 2.05) is 46.4 Å². The summed E-state index contributed by atoms with van der Waals surface area (Å²) in [7, 11) is 0. The highest BCUT2D eigenvalue weighted by Gasteiger charge is 2.26. The summed E-state index contributed by atoms with van der Waals surface area (Å²) >= 11 is 7.71. The van der Waals surface area contributed by atoms with Crippen LogP contribution in [0.2, 0.25) is 5.02 Å². The minimum atomic E-state index is -0.281. The lowest BCUT2D eigenvalue weighted by Crippen LogP contribution is -2.27. The number of anilines is 2. The van der Waals surface area contributed by atoms with Crippen LogP contribution in [0, 0.1) is 0 Å². The molecule has 2 amide bonds. The predicted molar refractivity (Wildman–Crippen MR) is 119 cm³/mol. The number of nitrogens with zero attached hydrogens (tertiary/aromatic N) is 3. The first-order valence-corrected chi connectivity index (χ1v) is 10.8. The van der Waals surface area contributed by atoms with E-state index in [0.717, 1.165) is 22.6 Å². The van der Waals surface area contributed by atoms with Crippen LogP contribution < -0.4 is 10.2 Å². The fourth-order valence-corrected chi connectivity index (χ4v) is 4.48. The molecule has 1 saturated heterocycles. The molecule has 2 aromatic heterocycles. The van der Waals surface area contributed by atoms with Gasteiger partial charge in [0.25, 0.3) is 5.91 Å². The third-order valence-electron chi connectivity index (χ3n) is 5.10. The second-order valence-corrected chi connectivity index (χ2v) is 8.37. The topological polar surface area (TPSA) is 66.7 Å². The quantitative estimate of drug-likeness (QED) is 0.484. The van der Waals surface area contributed by atoms with Gasteiger partial charge < -0.3 is 10.2 Å². The van der Waals surface area contributed by atoms with Gasteiger partial charge in [-0.2, -0.15) is 0 Å². The number of carbonyl (C=O) groups excluding carboxylic acids is 2. The van der Waals surface area contributed by atoms with Crippen molar-refractivity contribution in [3.8, 4) is 11.3 Å². The number of imidazole rings is 1. The molecule has 0 atom stereocenters. The zero-order valence-corrected chi connectivity index (χ0v) is 17.4. The number of thiazole rings is 1. The highest BCUT2D eigenvalue weighted by atomic mass is 35.5. The molecule has 0 saturated carbocycles. The molecule has 1 N–H and O–H groups in total. The van der Waals surface area contributed by atoms with Crippen molar-refractivity contribution in [1.82, 2.24) is 9.38 Å². The predicted octanol–water partition coefficient (Wildman–Crippen LogP) is 5.10. The lowest BCUT2D eigenvalue weighted by molar-refractivity contribution is -0.117. The third kappa shape index (κ3) is 3.46. The van der Waals surface area contributed by atoms with E-state index in [0.29, 0.717) is 34.9 Å². The Labute approximate surface area is 181 Å². The van der Waals surface area contributed by atoms with Gasteiger partial charge in [0.1, 0.15) is 0 Å². The number of fused-ring (bicyclic) bond motifs is 1. The molecule has 0 radical (unpaired) electrons. The van der Waals surface area contributed by atoms with E-state index in [1.165, 1.54) is 0 Å². The molecule has 1 fully saturated rings. The monoisotopic (exact) mass is 436 g/mol. The number of carbonyl (C=O) groups is 2. The summed E-state index contributed by atoms with van der Waals surface area (Å²) in [6, 6.07) is 12.5. The van der Waals surface area contributed by atoms with Gasteiger partial charge in [-0.3, -0.25) is 14.0 Å². The van der Waals surface area contributed by atoms with Crippen molar-refractivity contribution < 1.29 is 9.59 Å². The van der Waals surface area contributed by atoms with Gasteiger partial charge in [-0.25, -0.2) is 4.98 Å². The summed E-state index contributed by atoms with van der Waals surface area (Å²) in [5, 5.41) is 5.40. The van der Waals surface area contributed by atoms with Crippen LogP contribution in [0.5, 0.6) is 0 Å². The second kappa shape index (κ2) is 7.59. The zero-order valence-electron chi connectivity index (χ0n) is 15.8. The van der Waals surface area contributed by atoms with Crippen molar-refractivity contribution in [2.45, 2.75) is 12.8 Å². The molecule has 0 aliphatic carbocycles. The minimum absolute atomic E-state index is 0.00985. The summed E-state index contributed by atoms with van der Waals surface area (Å²) in [5.41, 5.74) is 3.50. The standard InChI is InChI=1S/C22H17ClN4O2S/c23-15-5-8-17(19(12-15)27-9-1-2-20(27)28)21(29)24-16-6-3-14(4-7-16)18-13-26-10-11-30-22(26)25-18/h3-8,10-13H,1-2,9H2,(H,24,29). The van der Waals surface area contributed by atoms with Crippen LogP contribution in [0.1, 0.15) is 23.2 Å². The number of hydrogen-bond acceptors (Lipinski definition) is 4. The average Bonchev–Trinajstić information content (AvgIpc) is 3.44. The van der Waals surface area contributed by atoms with Crippen LogP contribution in [0.15, 0.2) is 60.2 Å². The molecule has 5 rings (SSSR count). The number of amides is 2.